The minimum atomic E-state index is -4.80. The zero-order valence-corrected chi connectivity index (χ0v) is 25.4. The molecule has 1 saturated carbocycles. The van der Waals surface area contributed by atoms with Gasteiger partial charge in [0.05, 0.1) is 53.2 Å². The van der Waals surface area contributed by atoms with Crippen molar-refractivity contribution in [2.75, 3.05) is 11.5 Å². The van der Waals surface area contributed by atoms with Crippen molar-refractivity contribution in [3.63, 3.8) is 0 Å². The third-order valence-electron chi connectivity index (χ3n) is 7.95. The van der Waals surface area contributed by atoms with E-state index < -0.39 is 30.5 Å². The first kappa shape index (κ1) is 30.8. The Labute approximate surface area is 261 Å². The monoisotopic (exact) mass is 642 g/mol. The van der Waals surface area contributed by atoms with Gasteiger partial charge in [-0.15, -0.1) is 13.2 Å². The molecule has 6 rings (SSSR count). The van der Waals surface area contributed by atoms with Crippen molar-refractivity contribution in [2.24, 2.45) is 11.7 Å². The van der Waals surface area contributed by atoms with Crippen LogP contribution in [-0.2, 0) is 22.5 Å². The number of carbonyl (C=O) groups is 2. The van der Waals surface area contributed by atoms with Gasteiger partial charge in [-0.2, -0.15) is 0 Å². The first-order chi connectivity index (χ1) is 21.2. The Morgan fingerprint density at radius 3 is 2.62 bits per heavy atom. The fourth-order valence-corrected chi connectivity index (χ4v) is 5.65. The number of hydrogen-bond donors (Lipinski definition) is 1. The zero-order valence-electron chi connectivity index (χ0n) is 24.7. The molecule has 2 N–H and O–H groups in total. The highest BCUT2D eigenvalue weighted by molar-refractivity contribution is 6.30. The van der Waals surface area contributed by atoms with Crippen molar-refractivity contribution in [1.29, 1.82) is 0 Å². The van der Waals surface area contributed by atoms with Crippen molar-refractivity contribution >= 4 is 40.3 Å². The van der Waals surface area contributed by atoms with E-state index in [9.17, 15) is 22.8 Å². The topological polar surface area (TPSA) is 125 Å². The lowest BCUT2D eigenvalue weighted by Gasteiger charge is -2.39. The summed E-state index contributed by atoms with van der Waals surface area (Å²) in [6.45, 7) is 4.39. The maximum atomic E-state index is 13.5. The minimum Gasteiger partial charge on any atom is -0.476 e. The summed E-state index contributed by atoms with van der Waals surface area (Å²) in [5, 5.41) is 0.470. The van der Waals surface area contributed by atoms with Crippen LogP contribution in [0.3, 0.4) is 0 Å². The van der Waals surface area contributed by atoms with Gasteiger partial charge in [-0.05, 0) is 75.8 Å². The standard InChI is InChI=1S/C31H30ClF3N6O4/c1-16(14-44-31(33,34)35)41-15-38-26-24(25(27(36)42)21(39-28(26)41)10-17-4-5-17)18-6-9-22-23(11-18)45-30(2,3)29(43)40(22)13-20-8-7-19(32)12-37-20/h6-9,11-12,15-17H,4-5,10,13-14H2,1-3H3,(H2,36,42)/t16-/m1/s1. The number of ether oxygens (including phenoxy) is 2. The number of hydrogen-bond acceptors (Lipinski definition) is 7. The van der Waals surface area contributed by atoms with Gasteiger partial charge in [-0.1, -0.05) is 17.7 Å². The molecule has 4 aromatic rings. The number of alkyl halides is 3. The Hall–Kier alpha value is -4.23. The lowest BCUT2D eigenvalue weighted by atomic mass is 9.94. The van der Waals surface area contributed by atoms with E-state index in [1.54, 1.807) is 56.0 Å². The van der Waals surface area contributed by atoms with E-state index in [1.807, 2.05) is 0 Å². The summed E-state index contributed by atoms with van der Waals surface area (Å²) in [5.74, 6) is -0.287. The molecule has 0 radical (unpaired) electrons. The molecule has 2 aliphatic rings. The van der Waals surface area contributed by atoms with Crippen LogP contribution in [0.5, 0.6) is 5.75 Å². The largest absolute Gasteiger partial charge is 0.522 e. The summed E-state index contributed by atoms with van der Waals surface area (Å²) in [6.07, 6.45) is 0.507. The Morgan fingerprint density at radius 2 is 1.98 bits per heavy atom. The van der Waals surface area contributed by atoms with Crippen LogP contribution in [0.1, 0.15) is 61.4 Å². The summed E-state index contributed by atoms with van der Waals surface area (Å²) in [4.78, 5) is 41.6. The fourth-order valence-electron chi connectivity index (χ4n) is 5.54. The maximum Gasteiger partial charge on any atom is 0.522 e. The molecule has 0 saturated heterocycles. The van der Waals surface area contributed by atoms with E-state index in [0.717, 1.165) is 12.8 Å². The van der Waals surface area contributed by atoms with E-state index in [-0.39, 0.29) is 23.5 Å². The van der Waals surface area contributed by atoms with Crippen LogP contribution in [-0.4, -0.2) is 49.9 Å². The summed E-state index contributed by atoms with van der Waals surface area (Å²) in [6, 6.07) is 7.80. The Morgan fingerprint density at radius 1 is 1.22 bits per heavy atom. The summed E-state index contributed by atoms with van der Waals surface area (Å²) in [5.41, 5.74) is 7.97. The highest BCUT2D eigenvalue weighted by atomic mass is 35.5. The molecular formula is C31H30ClF3N6O4. The van der Waals surface area contributed by atoms with E-state index in [4.69, 9.17) is 27.1 Å². The van der Waals surface area contributed by atoms with Crippen LogP contribution >= 0.6 is 11.6 Å². The van der Waals surface area contributed by atoms with Crippen molar-refractivity contribution in [1.82, 2.24) is 19.5 Å². The number of primary amides is 1. The molecule has 45 heavy (non-hydrogen) atoms. The van der Waals surface area contributed by atoms with Crippen LogP contribution in [0.15, 0.2) is 42.9 Å². The Balaban J connectivity index is 1.49. The number of amides is 2. The number of nitrogens with two attached hydrogens (primary N) is 1. The summed E-state index contributed by atoms with van der Waals surface area (Å²) < 4.78 is 50.3. The molecule has 1 fully saturated rings. The quantitative estimate of drug-likeness (QED) is 0.237. The lowest BCUT2D eigenvalue weighted by Crippen LogP contribution is -2.52. The molecule has 1 aromatic carbocycles. The third-order valence-corrected chi connectivity index (χ3v) is 8.17. The van der Waals surface area contributed by atoms with Gasteiger partial charge < -0.3 is 15.0 Å². The number of halogens is 4. The van der Waals surface area contributed by atoms with Gasteiger partial charge in [-0.3, -0.25) is 24.2 Å². The number of carbonyl (C=O) groups excluding carboxylic acids is 2. The average Bonchev–Trinajstić information content (AvgIpc) is 3.69. The van der Waals surface area contributed by atoms with Crippen LogP contribution in [0, 0.1) is 5.92 Å². The van der Waals surface area contributed by atoms with Gasteiger partial charge in [0, 0.05) is 11.8 Å². The van der Waals surface area contributed by atoms with Gasteiger partial charge in [0.25, 0.3) is 11.8 Å². The van der Waals surface area contributed by atoms with Crippen molar-refractivity contribution in [3.05, 3.63) is 64.8 Å². The number of benzene rings is 1. The summed E-state index contributed by atoms with van der Waals surface area (Å²) >= 11 is 6.00. The van der Waals surface area contributed by atoms with Gasteiger partial charge in [0.2, 0.25) is 0 Å². The van der Waals surface area contributed by atoms with Crippen molar-refractivity contribution in [3.8, 4) is 16.9 Å². The second kappa shape index (κ2) is 11.3. The number of fused-ring (bicyclic) bond motifs is 2. The van der Waals surface area contributed by atoms with Gasteiger partial charge in [0.1, 0.15) is 11.3 Å². The molecule has 1 aliphatic carbocycles. The Bertz CT molecular complexity index is 1800. The predicted octanol–water partition coefficient (Wildman–Crippen LogP) is 6.00. The number of nitrogens with zero attached hydrogens (tertiary/aromatic N) is 5. The molecule has 1 aliphatic heterocycles. The average molecular weight is 643 g/mol. The molecule has 10 nitrogen and oxygen atoms in total. The van der Waals surface area contributed by atoms with E-state index in [1.165, 1.54) is 17.1 Å². The van der Waals surface area contributed by atoms with Crippen LogP contribution in [0.25, 0.3) is 22.3 Å². The van der Waals surface area contributed by atoms with E-state index in [0.29, 0.717) is 57.0 Å². The highest BCUT2D eigenvalue weighted by Gasteiger charge is 2.41. The lowest BCUT2D eigenvalue weighted by molar-refractivity contribution is -0.327. The van der Waals surface area contributed by atoms with E-state index in [2.05, 4.69) is 14.7 Å². The first-order valence-electron chi connectivity index (χ1n) is 14.4. The normalized spacial score (nSPS) is 16.9. The van der Waals surface area contributed by atoms with Crippen molar-refractivity contribution in [2.45, 2.75) is 64.6 Å². The number of rotatable bonds is 9. The Kier molecular flexibility index (Phi) is 7.72. The minimum absolute atomic E-state index is 0.162. The second-order valence-electron chi connectivity index (χ2n) is 11.9. The molecular weight excluding hydrogens is 613 g/mol. The highest BCUT2D eigenvalue weighted by Crippen LogP contribution is 2.44. The molecule has 3 aromatic heterocycles. The van der Waals surface area contributed by atoms with Crippen molar-refractivity contribution < 1.29 is 32.2 Å². The van der Waals surface area contributed by atoms with Gasteiger partial charge >= 0.3 is 6.36 Å². The molecule has 2 amide bonds. The number of pyridine rings is 2. The SMILES string of the molecule is C[C@H](COC(F)(F)F)n1cnc2c(-c3ccc4c(c3)OC(C)(C)C(=O)N4Cc3ccc(Cl)cn3)c(C(N)=O)c(CC3CC3)nc21. The third kappa shape index (κ3) is 6.19. The molecule has 0 spiro atoms. The number of anilines is 1. The molecule has 0 bridgehead atoms. The van der Waals surface area contributed by atoms with Crippen LogP contribution in [0.4, 0.5) is 18.9 Å². The van der Waals surface area contributed by atoms with Crippen LogP contribution in [0.2, 0.25) is 5.02 Å². The van der Waals surface area contributed by atoms with Gasteiger partial charge in [-0.25, -0.2) is 9.97 Å². The summed E-state index contributed by atoms with van der Waals surface area (Å²) in [7, 11) is 0. The maximum absolute atomic E-state index is 13.5. The molecule has 4 heterocycles. The number of aromatic nitrogens is 4. The van der Waals surface area contributed by atoms with Gasteiger partial charge in [0.15, 0.2) is 11.2 Å². The smallest absolute Gasteiger partial charge is 0.476 e. The second-order valence-corrected chi connectivity index (χ2v) is 12.3. The predicted molar refractivity (Wildman–Crippen MR) is 160 cm³/mol. The zero-order chi connectivity index (χ0) is 32.3. The fraction of sp³-hybridized carbons (Fsp3) is 0.387. The van der Waals surface area contributed by atoms with E-state index >= 15 is 0 Å². The first-order valence-corrected chi connectivity index (χ1v) is 14.8. The molecule has 236 valence electrons. The number of imidazole rings is 1. The van der Waals surface area contributed by atoms with Crippen LogP contribution < -0.4 is 15.4 Å². The molecule has 14 heteroatoms. The molecule has 1 atom stereocenters. The molecule has 0 unspecified atom stereocenters.